The van der Waals surface area contributed by atoms with E-state index in [-0.39, 0.29) is 0 Å². The van der Waals surface area contributed by atoms with Crippen LogP contribution in [0.5, 0.6) is 0 Å². The normalized spacial score (nSPS) is 49.3. The molecule has 0 N–H and O–H groups in total. The first-order valence-corrected chi connectivity index (χ1v) is 3.06. The van der Waals surface area contributed by atoms with Crippen LogP contribution in [0.25, 0.3) is 0 Å². The van der Waals surface area contributed by atoms with E-state index in [1.54, 1.807) is 0 Å². The molecule has 0 aromatic heterocycles. The molecule has 0 aromatic rings. The van der Waals surface area contributed by atoms with Gasteiger partial charge in [0.1, 0.15) is 0 Å². The van der Waals surface area contributed by atoms with Crippen LogP contribution in [0, 0.1) is 5.92 Å². The van der Waals surface area contributed by atoms with Crippen molar-refractivity contribution in [3.8, 4) is 0 Å². The molecule has 3 fully saturated rings. The third-order valence-electron chi connectivity index (χ3n) is 2.38. The molecule has 0 amide bonds. The Labute approximate surface area is 44.3 Å². The van der Waals surface area contributed by atoms with Gasteiger partial charge in [-0.1, -0.05) is 0 Å². The highest BCUT2D eigenvalue weighted by Crippen LogP contribution is 2.38. The summed E-state index contributed by atoms with van der Waals surface area (Å²) in [4.78, 5) is 2.48. The fourth-order valence-corrected chi connectivity index (χ4v) is 1.77. The number of rotatable bonds is 0. The quantitative estimate of drug-likeness (QED) is 0.430. The second-order valence-electron chi connectivity index (χ2n) is 2.93. The third kappa shape index (κ3) is 0.367. The molecule has 1 nitrogen and oxygen atoms in total. The first-order valence-electron chi connectivity index (χ1n) is 3.06. The summed E-state index contributed by atoms with van der Waals surface area (Å²) >= 11 is 0. The lowest BCUT2D eigenvalue weighted by Crippen LogP contribution is -2.25. The lowest BCUT2D eigenvalue weighted by molar-refractivity contribution is 0.285. The maximum atomic E-state index is 2.48. The molecule has 7 heavy (non-hydrogen) atoms. The van der Waals surface area contributed by atoms with Gasteiger partial charge in [0.25, 0.3) is 0 Å². The number of hydrogen-bond donors (Lipinski definition) is 0. The van der Waals surface area contributed by atoms with E-state index in [1.807, 2.05) is 0 Å². The molecule has 2 aliphatic heterocycles. The average Bonchev–Trinajstić information content (AvgIpc) is 1.85. The summed E-state index contributed by atoms with van der Waals surface area (Å²) in [6.45, 7) is 1.38. The molecule has 1 aliphatic carbocycles. The van der Waals surface area contributed by atoms with Crippen LogP contribution in [0.1, 0.15) is 12.8 Å². The number of fused-ring (bicyclic) bond motifs is 1. The highest BCUT2D eigenvalue weighted by atomic mass is 15.2. The van der Waals surface area contributed by atoms with Crippen LogP contribution in [-0.4, -0.2) is 24.5 Å². The summed E-state index contributed by atoms with van der Waals surface area (Å²) in [5.74, 6) is 1.09. The van der Waals surface area contributed by atoms with Gasteiger partial charge < -0.3 is 4.90 Å². The van der Waals surface area contributed by atoms with Gasteiger partial charge in [-0.2, -0.15) is 0 Å². The topological polar surface area (TPSA) is 3.24 Å². The van der Waals surface area contributed by atoms with E-state index in [9.17, 15) is 0 Å². The highest BCUT2D eigenvalue weighted by Gasteiger charge is 2.39. The van der Waals surface area contributed by atoms with Gasteiger partial charge in [0.05, 0.1) is 0 Å². The molecule has 1 saturated carbocycles. The highest BCUT2D eigenvalue weighted by molar-refractivity contribution is 4.94. The fraction of sp³-hybridized carbons (Fsp3) is 1.00. The molecule has 0 unspecified atom stereocenters. The van der Waals surface area contributed by atoms with Gasteiger partial charge in [-0.05, 0) is 25.8 Å². The molecule has 0 aromatic carbocycles. The maximum Gasteiger partial charge on any atom is 0.00985 e. The lowest BCUT2D eigenvalue weighted by atomic mass is 9.86. The number of hydrogen-bond acceptors (Lipinski definition) is 1. The molecular weight excluding hydrogens is 86.1 g/mol. The Kier molecular flexibility index (Phi) is 0.571. The summed E-state index contributed by atoms with van der Waals surface area (Å²) in [6.07, 6.45) is 2.99. The first-order chi connectivity index (χ1) is 3.36. The summed E-state index contributed by atoms with van der Waals surface area (Å²) < 4.78 is 0. The van der Waals surface area contributed by atoms with E-state index >= 15 is 0 Å². The summed E-state index contributed by atoms with van der Waals surface area (Å²) in [7, 11) is 2.23. The second kappa shape index (κ2) is 1.03. The monoisotopic (exact) mass is 97.1 g/mol. The lowest BCUT2D eigenvalue weighted by Gasteiger charge is -2.23. The average molecular weight is 97.2 g/mol. The minimum atomic E-state index is 0.991. The summed E-state index contributed by atoms with van der Waals surface area (Å²) in [6, 6.07) is 0.991. The smallest absolute Gasteiger partial charge is 0.00985 e. The Morgan fingerprint density at radius 3 is 2.29 bits per heavy atom. The predicted molar refractivity (Wildman–Crippen MR) is 29.1 cm³/mol. The first kappa shape index (κ1) is 3.90. The van der Waals surface area contributed by atoms with Crippen molar-refractivity contribution in [3.05, 3.63) is 0 Å². The van der Waals surface area contributed by atoms with Crippen LogP contribution in [-0.2, 0) is 0 Å². The molecule has 0 radical (unpaired) electrons. The largest absolute Gasteiger partial charge is 0.303 e. The molecule has 40 valence electrons. The van der Waals surface area contributed by atoms with E-state index in [4.69, 9.17) is 0 Å². The van der Waals surface area contributed by atoms with Crippen molar-refractivity contribution in [2.75, 3.05) is 13.6 Å². The summed E-state index contributed by atoms with van der Waals surface area (Å²) in [5.41, 5.74) is 0. The molecule has 2 bridgehead atoms. The second-order valence-corrected chi connectivity index (χ2v) is 2.93. The Morgan fingerprint density at radius 2 is 2.14 bits per heavy atom. The van der Waals surface area contributed by atoms with Crippen molar-refractivity contribution in [3.63, 3.8) is 0 Å². The molecule has 3 rings (SSSR count). The van der Waals surface area contributed by atoms with Gasteiger partial charge in [-0.3, -0.25) is 0 Å². The van der Waals surface area contributed by atoms with Crippen LogP contribution >= 0.6 is 0 Å². The van der Waals surface area contributed by atoms with Gasteiger partial charge >= 0.3 is 0 Å². The van der Waals surface area contributed by atoms with E-state index in [2.05, 4.69) is 11.9 Å². The van der Waals surface area contributed by atoms with Crippen molar-refractivity contribution >= 4 is 0 Å². The zero-order chi connectivity index (χ0) is 4.85. The van der Waals surface area contributed by atoms with Gasteiger partial charge in [0, 0.05) is 12.6 Å². The molecule has 0 spiro atoms. The Morgan fingerprint density at radius 1 is 1.43 bits per heavy atom. The van der Waals surface area contributed by atoms with Gasteiger partial charge in [-0.15, -0.1) is 0 Å². The fourth-order valence-electron chi connectivity index (χ4n) is 1.77. The minimum absolute atomic E-state index is 0.991. The van der Waals surface area contributed by atoms with Crippen molar-refractivity contribution in [2.24, 2.45) is 5.92 Å². The van der Waals surface area contributed by atoms with E-state index < -0.39 is 0 Å². The van der Waals surface area contributed by atoms with Crippen molar-refractivity contribution < 1.29 is 0 Å². The standard InChI is InChI=1S/C6H11N/c1-7-4-5-2-6(7)3-5/h5-6H,2-4H2,1H3. The van der Waals surface area contributed by atoms with Crippen LogP contribution in [0.3, 0.4) is 0 Å². The Hall–Kier alpha value is -0.0400. The number of nitrogens with zero attached hydrogens (tertiary/aromatic N) is 1. The van der Waals surface area contributed by atoms with E-state index in [0.717, 1.165) is 12.0 Å². The maximum absolute atomic E-state index is 2.48. The van der Waals surface area contributed by atoms with E-state index in [0.29, 0.717) is 0 Å². The van der Waals surface area contributed by atoms with Gasteiger partial charge in [0.2, 0.25) is 0 Å². The minimum Gasteiger partial charge on any atom is -0.303 e. The van der Waals surface area contributed by atoms with Crippen LogP contribution in [0.4, 0.5) is 0 Å². The van der Waals surface area contributed by atoms with Gasteiger partial charge in [0.15, 0.2) is 0 Å². The molecule has 1 heteroatoms. The Bertz CT molecular complexity index is 84.2. The van der Waals surface area contributed by atoms with Crippen molar-refractivity contribution in [1.82, 2.24) is 4.90 Å². The van der Waals surface area contributed by atoms with Gasteiger partial charge in [-0.25, -0.2) is 0 Å². The predicted octanol–water partition coefficient (Wildman–Crippen LogP) is 0.710. The molecular formula is C6H11N. The van der Waals surface area contributed by atoms with Crippen molar-refractivity contribution in [2.45, 2.75) is 18.9 Å². The summed E-state index contributed by atoms with van der Waals surface area (Å²) in [5, 5.41) is 0. The molecule has 2 heterocycles. The van der Waals surface area contributed by atoms with E-state index in [1.165, 1.54) is 19.4 Å². The zero-order valence-corrected chi connectivity index (χ0v) is 4.72. The Balaban J connectivity index is 2.13. The van der Waals surface area contributed by atoms with Crippen LogP contribution in [0.15, 0.2) is 0 Å². The molecule has 0 atom stereocenters. The SMILES string of the molecule is CN1CC2CC1C2. The molecule has 3 aliphatic rings. The zero-order valence-electron chi connectivity index (χ0n) is 4.72. The van der Waals surface area contributed by atoms with Crippen LogP contribution < -0.4 is 0 Å². The molecule has 2 saturated heterocycles. The van der Waals surface area contributed by atoms with Crippen molar-refractivity contribution in [1.29, 1.82) is 0 Å². The van der Waals surface area contributed by atoms with Crippen LogP contribution in [0.2, 0.25) is 0 Å². The third-order valence-corrected chi connectivity index (χ3v) is 2.38.